The summed E-state index contributed by atoms with van der Waals surface area (Å²) in [6.45, 7) is 0. The van der Waals surface area contributed by atoms with E-state index in [0.717, 1.165) is 28.3 Å². The Morgan fingerprint density at radius 2 is 0.761 bits per heavy atom. The summed E-state index contributed by atoms with van der Waals surface area (Å²) < 4.78 is 5.05. The van der Waals surface area contributed by atoms with Crippen molar-refractivity contribution >= 4 is 81.1 Å². The van der Waals surface area contributed by atoms with E-state index < -0.39 is 0 Å². The second-order valence-corrected chi connectivity index (χ2v) is 18.3. The highest BCUT2D eigenvalue weighted by Crippen LogP contribution is 2.43. The second-order valence-electron chi connectivity index (χ2n) is 17.2. The van der Waals surface area contributed by atoms with Gasteiger partial charge in [-0.15, -0.1) is 11.3 Å². The number of nitrogens with zero attached hydrogens (tertiary/aromatic N) is 2. The van der Waals surface area contributed by atoms with Crippen LogP contribution in [0.3, 0.4) is 0 Å². The Labute approximate surface area is 393 Å². The maximum atomic E-state index is 2.42. The van der Waals surface area contributed by atoms with E-state index in [1.807, 2.05) is 11.3 Å². The van der Waals surface area contributed by atoms with E-state index in [-0.39, 0.29) is 0 Å². The number of hydrogen-bond donors (Lipinski definition) is 0. The third-order valence-corrected chi connectivity index (χ3v) is 14.6. The van der Waals surface area contributed by atoms with E-state index in [9.17, 15) is 0 Å². The summed E-state index contributed by atoms with van der Waals surface area (Å²) in [4.78, 5) is 2.38. The number of anilines is 3. The number of para-hydroxylation sites is 3. The maximum absolute atomic E-state index is 2.42. The highest BCUT2D eigenvalue weighted by molar-refractivity contribution is 7.25. The predicted octanol–water partition coefficient (Wildman–Crippen LogP) is 18.4. The molecule has 2 heterocycles. The van der Waals surface area contributed by atoms with Gasteiger partial charge in [-0.1, -0.05) is 188 Å². The summed E-state index contributed by atoms with van der Waals surface area (Å²) in [7, 11) is 0. The minimum absolute atomic E-state index is 1.09. The van der Waals surface area contributed by atoms with Gasteiger partial charge >= 0.3 is 0 Å². The van der Waals surface area contributed by atoms with Crippen LogP contribution in [0, 0.1) is 0 Å². The fourth-order valence-corrected chi connectivity index (χ4v) is 11.4. The van der Waals surface area contributed by atoms with Gasteiger partial charge in [0.15, 0.2) is 0 Å². The standard InChI is InChI=1S/C64H42N2S/c1-2-14-44(15-3-1)53-22-12-16-47-17-13-23-54(64(47)53)46-32-39-51(40-33-46)65(49-35-28-43(29-36-49)48-34-41-58-57-21-7-11-27-62(57)67-63(58)42-48)50-37-30-45(31-38-50)52-18-4-8-24-59(52)66-60-25-9-5-19-55(60)56-20-6-10-26-61(56)66/h1-42H. The van der Waals surface area contributed by atoms with Gasteiger partial charge in [-0.25, -0.2) is 0 Å². The van der Waals surface area contributed by atoms with Crippen LogP contribution in [0.25, 0.3) is 103 Å². The molecule has 0 spiro atoms. The van der Waals surface area contributed by atoms with Crippen LogP contribution in [0.15, 0.2) is 255 Å². The van der Waals surface area contributed by atoms with Crippen molar-refractivity contribution in [3.8, 4) is 50.2 Å². The van der Waals surface area contributed by atoms with Crippen molar-refractivity contribution in [1.82, 2.24) is 4.57 Å². The first-order valence-electron chi connectivity index (χ1n) is 22.9. The summed E-state index contributed by atoms with van der Waals surface area (Å²) in [6.07, 6.45) is 0. The molecule has 0 fully saturated rings. The predicted molar refractivity (Wildman–Crippen MR) is 288 cm³/mol. The Morgan fingerprint density at radius 1 is 0.299 bits per heavy atom. The van der Waals surface area contributed by atoms with Crippen molar-refractivity contribution in [2.24, 2.45) is 0 Å². The van der Waals surface area contributed by atoms with E-state index >= 15 is 0 Å². The van der Waals surface area contributed by atoms with Gasteiger partial charge in [-0.2, -0.15) is 0 Å². The van der Waals surface area contributed by atoms with Crippen LogP contribution in [-0.2, 0) is 0 Å². The molecule has 3 heteroatoms. The average molecular weight is 871 g/mol. The third-order valence-electron chi connectivity index (χ3n) is 13.4. The SMILES string of the molecule is c1ccc(-c2cccc3cccc(-c4ccc(N(c5ccc(-c6ccc7c(c6)sc6ccccc67)cc5)c5ccc(-c6ccccc6-n6c7ccccc7c7ccccc76)cc5)cc4)c23)cc1. The van der Waals surface area contributed by atoms with E-state index in [1.165, 1.54) is 91.7 Å². The Hall–Kier alpha value is -8.50. The van der Waals surface area contributed by atoms with Gasteiger partial charge in [0.2, 0.25) is 0 Å². The van der Waals surface area contributed by atoms with E-state index in [0.29, 0.717) is 0 Å². The first-order valence-corrected chi connectivity index (χ1v) is 23.7. The fourth-order valence-electron chi connectivity index (χ4n) is 10.3. The number of fused-ring (bicyclic) bond motifs is 7. The van der Waals surface area contributed by atoms with Crippen molar-refractivity contribution in [2.45, 2.75) is 0 Å². The topological polar surface area (TPSA) is 8.17 Å². The molecule has 0 unspecified atom stereocenters. The monoisotopic (exact) mass is 870 g/mol. The summed E-state index contributed by atoms with van der Waals surface area (Å²) in [5.41, 5.74) is 16.5. The van der Waals surface area contributed by atoms with Crippen molar-refractivity contribution < 1.29 is 0 Å². The minimum atomic E-state index is 1.09. The van der Waals surface area contributed by atoms with E-state index in [1.54, 1.807) is 0 Å². The van der Waals surface area contributed by atoms with Gasteiger partial charge < -0.3 is 9.47 Å². The lowest BCUT2D eigenvalue weighted by Crippen LogP contribution is -2.09. The summed E-state index contributed by atoms with van der Waals surface area (Å²) in [5, 5.41) is 7.65. The van der Waals surface area contributed by atoms with Crippen molar-refractivity contribution in [3.63, 3.8) is 0 Å². The third kappa shape index (κ3) is 6.71. The molecule has 67 heavy (non-hydrogen) atoms. The zero-order chi connectivity index (χ0) is 44.3. The van der Waals surface area contributed by atoms with Gasteiger partial charge in [0.05, 0.1) is 16.7 Å². The summed E-state index contributed by atoms with van der Waals surface area (Å²) in [6, 6.07) is 93.1. The zero-order valence-electron chi connectivity index (χ0n) is 36.6. The first-order chi connectivity index (χ1) is 33.2. The van der Waals surface area contributed by atoms with Gasteiger partial charge in [0.1, 0.15) is 0 Å². The minimum Gasteiger partial charge on any atom is -0.311 e. The Kier molecular flexibility index (Phi) is 9.40. The molecule has 2 aromatic heterocycles. The lowest BCUT2D eigenvalue weighted by atomic mass is 9.91. The van der Waals surface area contributed by atoms with Crippen LogP contribution in [0.5, 0.6) is 0 Å². The van der Waals surface area contributed by atoms with E-state index in [4.69, 9.17) is 0 Å². The van der Waals surface area contributed by atoms with Crippen LogP contribution in [0.2, 0.25) is 0 Å². The first kappa shape index (κ1) is 38.9. The largest absolute Gasteiger partial charge is 0.311 e. The highest BCUT2D eigenvalue weighted by Gasteiger charge is 2.18. The molecule has 0 atom stereocenters. The Balaban J connectivity index is 0.908. The van der Waals surface area contributed by atoms with Crippen LogP contribution < -0.4 is 4.90 Å². The number of hydrogen-bond acceptors (Lipinski definition) is 2. The van der Waals surface area contributed by atoms with Gasteiger partial charge in [0.25, 0.3) is 0 Å². The molecule has 0 amide bonds. The second kappa shape index (κ2) is 16.2. The summed E-state index contributed by atoms with van der Waals surface area (Å²) >= 11 is 1.86. The molecule has 2 nitrogen and oxygen atoms in total. The molecule has 13 aromatic rings. The molecular formula is C64H42N2S. The molecule has 0 radical (unpaired) electrons. The highest BCUT2D eigenvalue weighted by atomic mass is 32.1. The van der Waals surface area contributed by atoms with Crippen LogP contribution in [0.1, 0.15) is 0 Å². The molecule has 0 N–H and O–H groups in total. The molecule has 11 aromatic carbocycles. The molecule has 0 bridgehead atoms. The van der Waals surface area contributed by atoms with Crippen LogP contribution in [0.4, 0.5) is 17.1 Å². The van der Waals surface area contributed by atoms with Gasteiger partial charge in [0, 0.05) is 53.6 Å². The molecular weight excluding hydrogens is 829 g/mol. The lowest BCUT2D eigenvalue weighted by Gasteiger charge is -2.26. The molecule has 13 rings (SSSR count). The number of rotatable bonds is 8. The molecule has 0 aliphatic heterocycles. The average Bonchev–Trinajstić information content (AvgIpc) is 3.95. The molecule has 0 aliphatic rings. The quantitative estimate of drug-likeness (QED) is 0.148. The number of benzene rings is 11. The van der Waals surface area contributed by atoms with E-state index in [2.05, 4.69) is 264 Å². The molecule has 0 saturated heterocycles. The van der Waals surface area contributed by atoms with Crippen molar-refractivity contribution in [2.75, 3.05) is 4.90 Å². The molecule has 0 aliphatic carbocycles. The van der Waals surface area contributed by atoms with Crippen LogP contribution >= 0.6 is 11.3 Å². The summed E-state index contributed by atoms with van der Waals surface area (Å²) in [5.74, 6) is 0. The molecule has 0 saturated carbocycles. The Morgan fingerprint density at radius 3 is 1.40 bits per heavy atom. The van der Waals surface area contributed by atoms with Crippen LogP contribution in [-0.4, -0.2) is 4.57 Å². The lowest BCUT2D eigenvalue weighted by molar-refractivity contribution is 1.18. The van der Waals surface area contributed by atoms with Crippen molar-refractivity contribution in [1.29, 1.82) is 0 Å². The zero-order valence-corrected chi connectivity index (χ0v) is 37.4. The normalized spacial score (nSPS) is 11.6. The molecule has 314 valence electrons. The maximum Gasteiger partial charge on any atom is 0.0541 e. The number of thiophene rings is 1. The van der Waals surface area contributed by atoms with Gasteiger partial charge in [-0.05, 0) is 116 Å². The van der Waals surface area contributed by atoms with Crippen molar-refractivity contribution in [3.05, 3.63) is 255 Å². The Bertz CT molecular complexity index is 3900. The fraction of sp³-hybridized carbons (Fsp3) is 0. The van der Waals surface area contributed by atoms with Gasteiger partial charge in [-0.3, -0.25) is 0 Å². The number of aromatic nitrogens is 1. The smallest absolute Gasteiger partial charge is 0.0541 e.